The van der Waals surface area contributed by atoms with Gasteiger partial charge < -0.3 is 4.57 Å². The van der Waals surface area contributed by atoms with Crippen LogP contribution in [-0.2, 0) is 0 Å². The molecule has 0 aliphatic carbocycles. The summed E-state index contributed by atoms with van der Waals surface area (Å²) in [5.41, 5.74) is 14.8. The number of pyridine rings is 1. The third kappa shape index (κ3) is 6.16. The minimum Gasteiger partial charge on any atom is -0.309 e. The van der Waals surface area contributed by atoms with Gasteiger partial charge in [-0.3, -0.25) is 4.98 Å². The van der Waals surface area contributed by atoms with E-state index >= 15 is 0 Å². The number of benzene rings is 7. The second-order valence-electron chi connectivity index (χ2n) is 13.7. The maximum Gasteiger partial charge on any atom is 0.160 e. The minimum atomic E-state index is 0.677. The molecule has 258 valence electrons. The molecule has 7 aromatic carbocycles. The largest absolute Gasteiger partial charge is 0.309 e. The molecular formula is C51H34N4. The van der Waals surface area contributed by atoms with Crippen LogP contribution < -0.4 is 0 Å². The average Bonchev–Trinajstić information content (AvgIpc) is 3.61. The molecule has 0 aliphatic rings. The van der Waals surface area contributed by atoms with Crippen molar-refractivity contribution in [1.29, 1.82) is 0 Å². The van der Waals surface area contributed by atoms with Gasteiger partial charge in [0.15, 0.2) is 5.82 Å². The Morgan fingerprint density at radius 1 is 0.309 bits per heavy atom. The molecule has 3 aromatic heterocycles. The Balaban J connectivity index is 1.16. The van der Waals surface area contributed by atoms with Crippen LogP contribution in [-0.4, -0.2) is 19.5 Å². The number of rotatable bonds is 7. The van der Waals surface area contributed by atoms with E-state index in [1.54, 1.807) is 0 Å². The van der Waals surface area contributed by atoms with Crippen molar-refractivity contribution in [2.45, 2.75) is 0 Å². The van der Waals surface area contributed by atoms with Gasteiger partial charge in [-0.15, -0.1) is 0 Å². The first kappa shape index (κ1) is 32.2. The van der Waals surface area contributed by atoms with Crippen LogP contribution in [0.2, 0.25) is 0 Å². The smallest absolute Gasteiger partial charge is 0.160 e. The van der Waals surface area contributed by atoms with Crippen molar-refractivity contribution in [2.75, 3.05) is 0 Å². The lowest BCUT2D eigenvalue weighted by atomic mass is 10.00. The van der Waals surface area contributed by atoms with Crippen molar-refractivity contribution in [3.8, 4) is 73.1 Å². The Bertz CT molecular complexity index is 2880. The van der Waals surface area contributed by atoms with E-state index in [1.165, 1.54) is 16.3 Å². The molecule has 10 aromatic rings. The molecule has 55 heavy (non-hydrogen) atoms. The minimum absolute atomic E-state index is 0.677. The van der Waals surface area contributed by atoms with Crippen LogP contribution in [0, 0.1) is 0 Å². The summed E-state index contributed by atoms with van der Waals surface area (Å²) in [5.74, 6) is 0.677. The molecule has 4 nitrogen and oxygen atoms in total. The monoisotopic (exact) mass is 702 g/mol. The number of aromatic nitrogens is 4. The molecule has 0 amide bonds. The first-order valence-corrected chi connectivity index (χ1v) is 18.5. The van der Waals surface area contributed by atoms with Gasteiger partial charge in [-0.1, -0.05) is 146 Å². The average molecular weight is 703 g/mol. The number of nitrogens with zero attached hydrogens (tertiary/aromatic N) is 4. The summed E-state index contributed by atoms with van der Waals surface area (Å²) in [7, 11) is 0. The predicted octanol–water partition coefficient (Wildman–Crippen LogP) is 13.0. The van der Waals surface area contributed by atoms with Crippen molar-refractivity contribution >= 4 is 21.8 Å². The number of fused-ring (bicyclic) bond motifs is 3. The van der Waals surface area contributed by atoms with E-state index in [4.69, 9.17) is 9.97 Å². The van der Waals surface area contributed by atoms with E-state index in [2.05, 4.69) is 179 Å². The predicted molar refractivity (Wildman–Crippen MR) is 227 cm³/mol. The van der Waals surface area contributed by atoms with Crippen molar-refractivity contribution in [3.63, 3.8) is 0 Å². The zero-order valence-corrected chi connectivity index (χ0v) is 29.9. The number of hydrogen-bond acceptors (Lipinski definition) is 3. The van der Waals surface area contributed by atoms with E-state index < -0.39 is 0 Å². The van der Waals surface area contributed by atoms with Gasteiger partial charge in [0.2, 0.25) is 0 Å². The summed E-state index contributed by atoms with van der Waals surface area (Å²) in [5, 5.41) is 2.40. The van der Waals surface area contributed by atoms with Gasteiger partial charge >= 0.3 is 0 Å². The maximum atomic E-state index is 5.23. The van der Waals surface area contributed by atoms with Crippen LogP contribution >= 0.6 is 0 Å². The fourth-order valence-corrected chi connectivity index (χ4v) is 7.55. The summed E-state index contributed by atoms with van der Waals surface area (Å²) in [4.78, 5) is 15.0. The van der Waals surface area contributed by atoms with Crippen molar-refractivity contribution < 1.29 is 0 Å². The Kier molecular flexibility index (Phi) is 8.12. The van der Waals surface area contributed by atoms with Gasteiger partial charge in [-0.25, -0.2) is 9.97 Å². The van der Waals surface area contributed by atoms with Gasteiger partial charge in [-0.05, 0) is 76.9 Å². The van der Waals surface area contributed by atoms with Gasteiger partial charge in [0.05, 0.1) is 28.1 Å². The molecule has 3 heterocycles. The van der Waals surface area contributed by atoms with Crippen LogP contribution in [0.4, 0.5) is 0 Å². The molecule has 0 fully saturated rings. The number of hydrogen-bond donors (Lipinski definition) is 0. The highest BCUT2D eigenvalue weighted by molar-refractivity contribution is 6.10. The second-order valence-corrected chi connectivity index (χ2v) is 13.7. The van der Waals surface area contributed by atoms with E-state index in [0.29, 0.717) is 5.82 Å². The Morgan fingerprint density at radius 3 is 1.51 bits per heavy atom. The fraction of sp³-hybridized carbons (Fsp3) is 0. The zero-order valence-electron chi connectivity index (χ0n) is 29.9. The molecule has 4 heteroatoms. The van der Waals surface area contributed by atoms with Gasteiger partial charge in [-0.2, -0.15) is 0 Å². The molecule has 0 radical (unpaired) electrons. The molecule has 0 bridgehead atoms. The molecule has 0 unspecified atom stereocenters. The van der Waals surface area contributed by atoms with Crippen molar-refractivity contribution in [2.24, 2.45) is 0 Å². The highest BCUT2D eigenvalue weighted by Crippen LogP contribution is 2.38. The number of para-hydroxylation sites is 1. The molecular weight excluding hydrogens is 669 g/mol. The third-order valence-corrected chi connectivity index (χ3v) is 10.3. The standard InChI is InChI=1S/C51H34N4/c1-4-14-35(15-5-1)41-30-42(51-53-47(37-16-6-2-7-17-37)34-48(54-51)38-18-8-3-9-19-38)32-43(31-41)55-49-22-11-10-20-44(49)45-33-40(27-28-50(45)55)36-23-25-39(26-24-36)46-21-12-13-29-52-46/h1-34H. The molecule has 0 saturated carbocycles. The Hall–Kier alpha value is -7.43. The van der Waals surface area contributed by atoms with Gasteiger partial charge in [0.1, 0.15) is 0 Å². The summed E-state index contributed by atoms with van der Waals surface area (Å²) >= 11 is 0. The van der Waals surface area contributed by atoms with Gasteiger partial charge in [0, 0.05) is 44.9 Å². The van der Waals surface area contributed by atoms with Crippen LogP contribution in [0.3, 0.4) is 0 Å². The summed E-state index contributed by atoms with van der Waals surface area (Å²) in [6.07, 6.45) is 1.84. The van der Waals surface area contributed by atoms with Crippen LogP contribution in [0.25, 0.3) is 94.9 Å². The molecule has 10 rings (SSSR count). The van der Waals surface area contributed by atoms with Crippen LogP contribution in [0.5, 0.6) is 0 Å². The van der Waals surface area contributed by atoms with E-state index in [0.717, 1.165) is 72.7 Å². The Labute approximate surface area is 319 Å². The molecule has 0 saturated heterocycles. The fourth-order valence-electron chi connectivity index (χ4n) is 7.55. The lowest BCUT2D eigenvalue weighted by Crippen LogP contribution is -1.99. The summed E-state index contributed by atoms with van der Waals surface area (Å²) in [6, 6.07) is 70.3. The topological polar surface area (TPSA) is 43.6 Å². The second kappa shape index (κ2) is 13.8. The summed E-state index contributed by atoms with van der Waals surface area (Å²) in [6.45, 7) is 0. The van der Waals surface area contributed by atoms with E-state index in [1.807, 2.05) is 36.5 Å². The zero-order chi connectivity index (χ0) is 36.6. The highest BCUT2D eigenvalue weighted by atomic mass is 15.0. The molecule has 0 atom stereocenters. The maximum absolute atomic E-state index is 5.23. The van der Waals surface area contributed by atoms with E-state index in [-0.39, 0.29) is 0 Å². The summed E-state index contributed by atoms with van der Waals surface area (Å²) < 4.78 is 2.38. The molecule has 0 spiro atoms. The van der Waals surface area contributed by atoms with E-state index in [9.17, 15) is 0 Å². The molecule has 0 N–H and O–H groups in total. The van der Waals surface area contributed by atoms with Crippen molar-refractivity contribution in [3.05, 3.63) is 206 Å². The lowest BCUT2D eigenvalue weighted by molar-refractivity contribution is 1.16. The lowest BCUT2D eigenvalue weighted by Gasteiger charge is -2.15. The first-order chi connectivity index (χ1) is 27.2. The molecule has 0 aliphatic heterocycles. The van der Waals surface area contributed by atoms with Crippen molar-refractivity contribution in [1.82, 2.24) is 19.5 Å². The first-order valence-electron chi connectivity index (χ1n) is 18.5. The third-order valence-electron chi connectivity index (χ3n) is 10.3. The highest BCUT2D eigenvalue weighted by Gasteiger charge is 2.18. The Morgan fingerprint density at radius 2 is 0.836 bits per heavy atom. The van der Waals surface area contributed by atoms with Crippen LogP contribution in [0.1, 0.15) is 0 Å². The quantitative estimate of drug-likeness (QED) is 0.166. The SMILES string of the molecule is c1ccc(-c2cc(-c3nc(-c4ccccc4)cc(-c4ccccc4)n3)cc(-n3c4ccccc4c4cc(-c5ccc(-c6ccccn6)cc5)ccc43)c2)cc1. The normalized spacial score (nSPS) is 11.3. The van der Waals surface area contributed by atoms with Gasteiger partial charge in [0.25, 0.3) is 0 Å². The van der Waals surface area contributed by atoms with Crippen LogP contribution in [0.15, 0.2) is 206 Å².